The van der Waals surface area contributed by atoms with Gasteiger partial charge in [-0.1, -0.05) is 18.2 Å². The van der Waals surface area contributed by atoms with Gasteiger partial charge in [-0.2, -0.15) is 0 Å². The van der Waals surface area contributed by atoms with Gasteiger partial charge in [0, 0.05) is 18.6 Å². The summed E-state index contributed by atoms with van der Waals surface area (Å²) in [6, 6.07) is 6.13. The number of carbonyl (C=O) groups is 1. The minimum absolute atomic E-state index is 0.0391. The maximum atomic E-state index is 11.5. The van der Waals surface area contributed by atoms with Crippen molar-refractivity contribution in [1.29, 1.82) is 0 Å². The zero-order valence-corrected chi connectivity index (χ0v) is 11.3. The normalized spacial score (nSPS) is 11.7. The van der Waals surface area contributed by atoms with Crippen LogP contribution in [0.1, 0.15) is 12.5 Å². The molecular formula is C14H17NO5. The molecule has 0 spiro atoms. The molecule has 0 N–H and O–H groups in total. The van der Waals surface area contributed by atoms with Gasteiger partial charge in [0.1, 0.15) is 0 Å². The summed E-state index contributed by atoms with van der Waals surface area (Å²) in [5, 5.41) is 10.5. The molecule has 6 heteroatoms. The lowest BCUT2D eigenvalue weighted by atomic mass is 10.1. The van der Waals surface area contributed by atoms with Gasteiger partial charge in [-0.25, -0.2) is 4.79 Å². The Hall–Kier alpha value is -2.21. The van der Waals surface area contributed by atoms with E-state index in [0.717, 1.165) is 5.56 Å². The van der Waals surface area contributed by atoms with Gasteiger partial charge >= 0.3 is 5.97 Å². The van der Waals surface area contributed by atoms with Gasteiger partial charge in [-0.15, -0.1) is 6.58 Å². The largest absolute Gasteiger partial charge is 0.463 e. The molecule has 0 bridgehead atoms. The molecule has 0 aliphatic carbocycles. The molecule has 0 aliphatic rings. The number of carbonyl (C=O) groups excluding carboxylic acids is 1. The van der Waals surface area contributed by atoms with Gasteiger partial charge in [-0.3, -0.25) is 10.1 Å². The standard InChI is InChI=1S/C14H17NO5/c1-3-9-19-11(2)14(16)20-10-8-12-4-6-13(7-5-12)15(17)18/h3-7,11H,1,8-10H2,2H3. The highest BCUT2D eigenvalue weighted by molar-refractivity contribution is 5.74. The van der Waals surface area contributed by atoms with Crippen LogP contribution < -0.4 is 0 Å². The number of nitro benzene ring substituents is 1. The van der Waals surface area contributed by atoms with Crippen LogP contribution in [0.4, 0.5) is 5.69 Å². The third-order valence-corrected chi connectivity index (χ3v) is 2.58. The summed E-state index contributed by atoms with van der Waals surface area (Å²) in [5.74, 6) is -0.436. The van der Waals surface area contributed by atoms with Gasteiger partial charge in [0.2, 0.25) is 0 Å². The molecule has 108 valence electrons. The molecule has 0 heterocycles. The average Bonchev–Trinajstić information content (AvgIpc) is 2.45. The summed E-state index contributed by atoms with van der Waals surface area (Å²) in [6.45, 7) is 5.59. The number of rotatable bonds is 8. The van der Waals surface area contributed by atoms with Crippen LogP contribution in [0.3, 0.4) is 0 Å². The number of hydrogen-bond donors (Lipinski definition) is 0. The van der Waals surface area contributed by atoms with Gasteiger partial charge in [0.15, 0.2) is 6.10 Å². The Labute approximate surface area is 117 Å². The monoisotopic (exact) mass is 279 g/mol. The van der Waals surface area contributed by atoms with E-state index in [-0.39, 0.29) is 12.3 Å². The van der Waals surface area contributed by atoms with E-state index in [1.165, 1.54) is 12.1 Å². The maximum Gasteiger partial charge on any atom is 0.334 e. The van der Waals surface area contributed by atoms with Crippen molar-refractivity contribution in [3.8, 4) is 0 Å². The van der Waals surface area contributed by atoms with Crippen molar-refractivity contribution in [2.75, 3.05) is 13.2 Å². The van der Waals surface area contributed by atoms with Crippen LogP contribution in [-0.4, -0.2) is 30.2 Å². The Morgan fingerprint density at radius 2 is 2.10 bits per heavy atom. The SMILES string of the molecule is C=CCOC(C)C(=O)OCCc1ccc([N+](=O)[O-])cc1. The van der Waals surface area contributed by atoms with Crippen LogP contribution in [-0.2, 0) is 20.7 Å². The second-order valence-electron chi connectivity index (χ2n) is 4.11. The molecule has 20 heavy (non-hydrogen) atoms. The van der Waals surface area contributed by atoms with E-state index < -0.39 is 17.0 Å². The molecule has 6 nitrogen and oxygen atoms in total. The van der Waals surface area contributed by atoms with Gasteiger partial charge in [0.05, 0.1) is 18.1 Å². The highest BCUT2D eigenvalue weighted by Gasteiger charge is 2.14. The molecule has 0 saturated carbocycles. The minimum atomic E-state index is -0.634. The lowest BCUT2D eigenvalue weighted by Crippen LogP contribution is -2.24. The van der Waals surface area contributed by atoms with E-state index in [0.29, 0.717) is 13.0 Å². The molecule has 1 aromatic rings. The summed E-state index contributed by atoms with van der Waals surface area (Å²) in [4.78, 5) is 21.5. The average molecular weight is 279 g/mol. The molecule has 1 rings (SSSR count). The molecule has 0 saturated heterocycles. The van der Waals surface area contributed by atoms with E-state index in [4.69, 9.17) is 9.47 Å². The Kier molecular flexibility index (Phi) is 6.39. The molecular weight excluding hydrogens is 262 g/mol. The predicted molar refractivity (Wildman–Crippen MR) is 73.4 cm³/mol. The number of esters is 1. The Morgan fingerprint density at radius 3 is 2.65 bits per heavy atom. The molecule has 0 amide bonds. The third-order valence-electron chi connectivity index (χ3n) is 2.58. The highest BCUT2D eigenvalue weighted by atomic mass is 16.6. The smallest absolute Gasteiger partial charge is 0.334 e. The second-order valence-corrected chi connectivity index (χ2v) is 4.11. The molecule has 1 atom stereocenters. The van der Waals surface area contributed by atoms with Crippen molar-refractivity contribution >= 4 is 11.7 Å². The van der Waals surface area contributed by atoms with Crippen LogP contribution >= 0.6 is 0 Å². The molecule has 0 radical (unpaired) electrons. The second kappa shape index (κ2) is 8.06. The summed E-state index contributed by atoms with van der Waals surface area (Å²) < 4.78 is 10.2. The van der Waals surface area contributed by atoms with Crippen molar-refractivity contribution < 1.29 is 19.2 Å². The number of ether oxygens (including phenoxy) is 2. The van der Waals surface area contributed by atoms with Crippen LogP contribution in [0.25, 0.3) is 0 Å². The van der Waals surface area contributed by atoms with Crippen LogP contribution in [0.15, 0.2) is 36.9 Å². The Balaban J connectivity index is 2.34. The number of nitro groups is 1. The highest BCUT2D eigenvalue weighted by Crippen LogP contribution is 2.12. The van der Waals surface area contributed by atoms with E-state index in [1.54, 1.807) is 25.1 Å². The van der Waals surface area contributed by atoms with E-state index >= 15 is 0 Å². The topological polar surface area (TPSA) is 78.7 Å². The quantitative estimate of drug-likeness (QED) is 0.316. The van der Waals surface area contributed by atoms with Gasteiger partial charge in [0.25, 0.3) is 5.69 Å². The van der Waals surface area contributed by atoms with Crippen LogP contribution in [0, 0.1) is 10.1 Å². The van der Waals surface area contributed by atoms with Crippen molar-refractivity contribution in [3.05, 3.63) is 52.6 Å². The Bertz CT molecular complexity index is 469. The molecule has 0 aromatic heterocycles. The van der Waals surface area contributed by atoms with Gasteiger partial charge < -0.3 is 9.47 Å². The number of nitrogens with zero attached hydrogens (tertiary/aromatic N) is 1. The lowest BCUT2D eigenvalue weighted by Gasteiger charge is -2.11. The lowest BCUT2D eigenvalue weighted by molar-refractivity contribution is -0.384. The zero-order valence-electron chi connectivity index (χ0n) is 11.3. The van der Waals surface area contributed by atoms with Crippen LogP contribution in [0.5, 0.6) is 0 Å². The fraction of sp³-hybridized carbons (Fsp3) is 0.357. The fourth-order valence-electron chi connectivity index (χ4n) is 1.45. The first kappa shape index (κ1) is 15.8. The number of non-ortho nitro benzene ring substituents is 1. The minimum Gasteiger partial charge on any atom is -0.463 e. The summed E-state index contributed by atoms with van der Waals surface area (Å²) in [6.07, 6.45) is 1.42. The number of benzene rings is 1. The zero-order chi connectivity index (χ0) is 15.0. The predicted octanol–water partition coefficient (Wildman–Crippen LogP) is 2.27. The van der Waals surface area contributed by atoms with Crippen molar-refractivity contribution in [2.45, 2.75) is 19.4 Å². The summed E-state index contributed by atoms with van der Waals surface area (Å²) >= 11 is 0. The first-order valence-electron chi connectivity index (χ1n) is 6.17. The van der Waals surface area contributed by atoms with E-state index in [9.17, 15) is 14.9 Å². The first-order valence-corrected chi connectivity index (χ1v) is 6.17. The van der Waals surface area contributed by atoms with Crippen molar-refractivity contribution in [1.82, 2.24) is 0 Å². The summed E-state index contributed by atoms with van der Waals surface area (Å²) in [7, 11) is 0. The first-order chi connectivity index (χ1) is 9.54. The summed E-state index contributed by atoms with van der Waals surface area (Å²) in [5.41, 5.74) is 0.903. The molecule has 1 unspecified atom stereocenters. The van der Waals surface area contributed by atoms with Crippen molar-refractivity contribution in [3.63, 3.8) is 0 Å². The third kappa shape index (κ3) is 5.19. The van der Waals surface area contributed by atoms with Crippen molar-refractivity contribution in [2.24, 2.45) is 0 Å². The fourth-order valence-corrected chi connectivity index (χ4v) is 1.45. The molecule has 1 aromatic carbocycles. The molecule has 0 fully saturated rings. The van der Waals surface area contributed by atoms with E-state index in [2.05, 4.69) is 6.58 Å². The van der Waals surface area contributed by atoms with E-state index in [1.807, 2.05) is 0 Å². The van der Waals surface area contributed by atoms with Gasteiger partial charge in [-0.05, 0) is 12.5 Å². The maximum absolute atomic E-state index is 11.5. The molecule has 0 aliphatic heterocycles. The number of hydrogen-bond acceptors (Lipinski definition) is 5. The van der Waals surface area contributed by atoms with Crippen LogP contribution in [0.2, 0.25) is 0 Å². The Morgan fingerprint density at radius 1 is 1.45 bits per heavy atom.